The number of nitrogens with one attached hydrogen (secondary N) is 2. The lowest BCUT2D eigenvalue weighted by Gasteiger charge is -2.16. The van der Waals surface area contributed by atoms with Crippen molar-refractivity contribution in [3.63, 3.8) is 0 Å². The van der Waals surface area contributed by atoms with Crippen LogP contribution in [0, 0.1) is 5.92 Å². The van der Waals surface area contributed by atoms with Crippen LogP contribution in [-0.4, -0.2) is 30.9 Å². The van der Waals surface area contributed by atoms with Gasteiger partial charge in [-0.1, -0.05) is 13.8 Å². The largest absolute Gasteiger partial charge is 0.354 e. The number of hydrogen-bond donors (Lipinski definition) is 3. The van der Waals surface area contributed by atoms with Gasteiger partial charge in [0.1, 0.15) is 6.04 Å². The minimum absolute atomic E-state index is 0.158. The number of carbonyl (C=O) groups excluding carboxylic acids is 2. The van der Waals surface area contributed by atoms with E-state index in [2.05, 4.69) is 10.6 Å². The first-order valence-corrected chi connectivity index (χ1v) is 5.31. The van der Waals surface area contributed by atoms with E-state index in [0.717, 1.165) is 6.42 Å². The van der Waals surface area contributed by atoms with Gasteiger partial charge in [-0.3, -0.25) is 9.59 Å². The second-order valence-corrected chi connectivity index (χ2v) is 3.66. The van der Waals surface area contributed by atoms with E-state index in [9.17, 15) is 9.59 Å². The molecule has 0 aromatic rings. The van der Waals surface area contributed by atoms with Crippen molar-refractivity contribution in [2.24, 2.45) is 11.7 Å². The van der Waals surface area contributed by atoms with Crippen molar-refractivity contribution in [1.82, 2.24) is 10.6 Å². The lowest BCUT2D eigenvalue weighted by molar-refractivity contribution is -0.130. The molecule has 2 atom stereocenters. The van der Waals surface area contributed by atoms with Gasteiger partial charge in [0.15, 0.2) is 0 Å². The molecular formula is C10H21N3O2. The summed E-state index contributed by atoms with van der Waals surface area (Å²) in [5.41, 5.74) is 5.34. The highest BCUT2D eigenvalue weighted by molar-refractivity contribution is 5.88. The molecule has 0 radical (unpaired) electrons. The average Bonchev–Trinajstić information content (AvgIpc) is 2.24. The zero-order valence-corrected chi connectivity index (χ0v) is 9.67. The Balaban J connectivity index is 3.95. The molecule has 0 spiro atoms. The summed E-state index contributed by atoms with van der Waals surface area (Å²) in [6.45, 7) is 6.28. The summed E-state index contributed by atoms with van der Waals surface area (Å²) in [6, 6.07) is -0.502. The molecule has 4 N–H and O–H groups in total. The molecular weight excluding hydrogens is 194 g/mol. The van der Waals surface area contributed by atoms with Gasteiger partial charge in [0.05, 0.1) is 0 Å². The SMILES string of the molecule is CCCNC(=O)C(C)NC(=O)C(C)CN. The third-order valence-corrected chi connectivity index (χ3v) is 2.10. The van der Waals surface area contributed by atoms with Gasteiger partial charge >= 0.3 is 0 Å². The highest BCUT2D eigenvalue weighted by Gasteiger charge is 2.17. The maximum absolute atomic E-state index is 11.4. The molecule has 0 saturated carbocycles. The van der Waals surface area contributed by atoms with Crippen molar-refractivity contribution in [2.75, 3.05) is 13.1 Å². The highest BCUT2D eigenvalue weighted by Crippen LogP contribution is 1.92. The second kappa shape index (κ2) is 7.23. The Morgan fingerprint density at radius 3 is 2.33 bits per heavy atom. The molecule has 0 aliphatic rings. The number of hydrogen-bond acceptors (Lipinski definition) is 3. The minimum atomic E-state index is -0.502. The molecule has 0 aliphatic carbocycles. The van der Waals surface area contributed by atoms with Crippen LogP contribution in [0.3, 0.4) is 0 Å². The van der Waals surface area contributed by atoms with Crippen molar-refractivity contribution >= 4 is 11.8 Å². The van der Waals surface area contributed by atoms with E-state index in [1.165, 1.54) is 0 Å². The standard InChI is InChI=1S/C10H21N3O2/c1-4-5-12-10(15)8(3)13-9(14)7(2)6-11/h7-8H,4-6,11H2,1-3H3,(H,12,15)(H,13,14). The van der Waals surface area contributed by atoms with Gasteiger partial charge in [-0.25, -0.2) is 0 Å². The van der Waals surface area contributed by atoms with Gasteiger partial charge in [0.25, 0.3) is 0 Å². The Labute approximate surface area is 90.8 Å². The van der Waals surface area contributed by atoms with E-state index in [0.29, 0.717) is 6.54 Å². The highest BCUT2D eigenvalue weighted by atomic mass is 16.2. The molecule has 0 heterocycles. The third kappa shape index (κ3) is 5.37. The lowest BCUT2D eigenvalue weighted by atomic mass is 10.1. The third-order valence-electron chi connectivity index (χ3n) is 2.10. The zero-order valence-electron chi connectivity index (χ0n) is 9.67. The van der Waals surface area contributed by atoms with Crippen molar-refractivity contribution < 1.29 is 9.59 Å². The van der Waals surface area contributed by atoms with E-state index in [1.807, 2.05) is 6.92 Å². The van der Waals surface area contributed by atoms with Gasteiger partial charge in [-0.2, -0.15) is 0 Å². The quantitative estimate of drug-likeness (QED) is 0.564. The number of carbonyl (C=O) groups is 2. The zero-order chi connectivity index (χ0) is 11.8. The van der Waals surface area contributed by atoms with E-state index in [-0.39, 0.29) is 24.3 Å². The van der Waals surface area contributed by atoms with Crippen LogP contribution in [0.4, 0.5) is 0 Å². The summed E-state index contributed by atoms with van der Waals surface area (Å²) in [5.74, 6) is -0.600. The fraction of sp³-hybridized carbons (Fsp3) is 0.800. The summed E-state index contributed by atoms with van der Waals surface area (Å²) in [6.07, 6.45) is 0.881. The molecule has 0 saturated heterocycles. The molecule has 2 unspecified atom stereocenters. The van der Waals surface area contributed by atoms with Crippen molar-refractivity contribution in [2.45, 2.75) is 33.2 Å². The topological polar surface area (TPSA) is 84.2 Å². The summed E-state index contributed by atoms with van der Waals surface area (Å²) in [4.78, 5) is 22.8. The Kier molecular flexibility index (Phi) is 6.70. The van der Waals surface area contributed by atoms with Crippen LogP contribution >= 0.6 is 0 Å². The van der Waals surface area contributed by atoms with Crippen LogP contribution in [0.25, 0.3) is 0 Å². The number of rotatable bonds is 6. The second-order valence-electron chi connectivity index (χ2n) is 3.66. The molecule has 0 rings (SSSR count). The fourth-order valence-corrected chi connectivity index (χ4v) is 0.930. The maximum atomic E-state index is 11.4. The summed E-state index contributed by atoms with van der Waals surface area (Å²) >= 11 is 0. The fourth-order valence-electron chi connectivity index (χ4n) is 0.930. The predicted octanol–water partition coefficient (Wildman–Crippen LogP) is -0.388. The number of amides is 2. The molecule has 88 valence electrons. The molecule has 2 amide bonds. The van der Waals surface area contributed by atoms with E-state index in [1.54, 1.807) is 13.8 Å². The molecule has 0 aromatic carbocycles. The first kappa shape index (κ1) is 13.9. The normalized spacial score (nSPS) is 14.1. The monoisotopic (exact) mass is 215 g/mol. The van der Waals surface area contributed by atoms with Crippen molar-refractivity contribution in [1.29, 1.82) is 0 Å². The first-order chi connectivity index (χ1) is 7.02. The van der Waals surface area contributed by atoms with Crippen LogP contribution < -0.4 is 16.4 Å². The van der Waals surface area contributed by atoms with Crippen molar-refractivity contribution in [3.8, 4) is 0 Å². The van der Waals surface area contributed by atoms with Gasteiger partial charge in [0.2, 0.25) is 11.8 Å². The molecule has 5 heteroatoms. The van der Waals surface area contributed by atoms with Gasteiger partial charge in [-0.05, 0) is 13.3 Å². The van der Waals surface area contributed by atoms with E-state index in [4.69, 9.17) is 5.73 Å². The van der Waals surface area contributed by atoms with E-state index >= 15 is 0 Å². The predicted molar refractivity (Wildman–Crippen MR) is 59.1 cm³/mol. The van der Waals surface area contributed by atoms with Crippen LogP contribution in [0.1, 0.15) is 27.2 Å². The Morgan fingerprint density at radius 1 is 1.27 bits per heavy atom. The molecule has 0 aromatic heterocycles. The van der Waals surface area contributed by atoms with Crippen LogP contribution in [0.5, 0.6) is 0 Å². The summed E-state index contributed by atoms with van der Waals surface area (Å²) in [5, 5.41) is 5.32. The minimum Gasteiger partial charge on any atom is -0.354 e. The van der Waals surface area contributed by atoms with Crippen LogP contribution in [-0.2, 0) is 9.59 Å². The Morgan fingerprint density at radius 2 is 1.87 bits per heavy atom. The number of nitrogens with two attached hydrogens (primary N) is 1. The van der Waals surface area contributed by atoms with Crippen LogP contribution in [0.15, 0.2) is 0 Å². The summed E-state index contributed by atoms with van der Waals surface area (Å²) in [7, 11) is 0. The maximum Gasteiger partial charge on any atom is 0.242 e. The Bertz CT molecular complexity index is 219. The Hall–Kier alpha value is -1.10. The molecule has 0 bridgehead atoms. The van der Waals surface area contributed by atoms with Gasteiger partial charge in [-0.15, -0.1) is 0 Å². The van der Waals surface area contributed by atoms with Gasteiger partial charge in [0, 0.05) is 19.0 Å². The molecule has 0 aliphatic heterocycles. The first-order valence-electron chi connectivity index (χ1n) is 5.31. The average molecular weight is 215 g/mol. The molecule has 5 nitrogen and oxygen atoms in total. The van der Waals surface area contributed by atoms with Crippen molar-refractivity contribution in [3.05, 3.63) is 0 Å². The summed E-state index contributed by atoms with van der Waals surface area (Å²) < 4.78 is 0. The lowest BCUT2D eigenvalue weighted by Crippen LogP contribution is -2.47. The smallest absolute Gasteiger partial charge is 0.242 e. The molecule has 0 fully saturated rings. The van der Waals surface area contributed by atoms with E-state index < -0.39 is 6.04 Å². The molecule has 15 heavy (non-hydrogen) atoms. The van der Waals surface area contributed by atoms with Crippen LogP contribution in [0.2, 0.25) is 0 Å². The van der Waals surface area contributed by atoms with Gasteiger partial charge < -0.3 is 16.4 Å².